The van der Waals surface area contributed by atoms with E-state index in [1.807, 2.05) is 0 Å². The summed E-state index contributed by atoms with van der Waals surface area (Å²) in [6.45, 7) is 4.16. The molecule has 110 valence electrons. The molecule has 1 saturated heterocycles. The maximum atomic E-state index is 11.1. The molecule has 1 fully saturated rings. The van der Waals surface area contributed by atoms with Gasteiger partial charge in [-0.25, -0.2) is 4.98 Å². The zero-order valence-corrected chi connectivity index (χ0v) is 11.6. The smallest absolute Gasteiger partial charge is 0.311 e. The number of aromatic nitrogens is 1. The molecule has 0 saturated carbocycles. The van der Waals surface area contributed by atoms with Gasteiger partial charge in [-0.1, -0.05) is 6.92 Å². The van der Waals surface area contributed by atoms with Gasteiger partial charge >= 0.3 is 5.69 Å². The number of ether oxygens (including phenoxy) is 1. The fraction of sp³-hybridized carbons (Fsp3) is 0.615. The summed E-state index contributed by atoms with van der Waals surface area (Å²) in [5, 5.41) is 17.3. The van der Waals surface area contributed by atoms with Crippen molar-refractivity contribution in [2.75, 3.05) is 30.4 Å². The molecule has 2 heterocycles. The summed E-state index contributed by atoms with van der Waals surface area (Å²) in [6.07, 6.45) is 2.86. The van der Waals surface area contributed by atoms with Crippen LogP contribution in [0.1, 0.15) is 26.2 Å². The molecular weight excluding hydrogens is 260 g/mol. The van der Waals surface area contributed by atoms with E-state index in [0.29, 0.717) is 18.2 Å². The maximum Gasteiger partial charge on any atom is 0.311 e. The van der Waals surface area contributed by atoms with Crippen LogP contribution in [-0.2, 0) is 4.74 Å². The zero-order chi connectivity index (χ0) is 14.4. The molecule has 0 spiro atoms. The van der Waals surface area contributed by atoms with Gasteiger partial charge in [0.15, 0.2) is 0 Å². The summed E-state index contributed by atoms with van der Waals surface area (Å²) in [7, 11) is 0. The van der Waals surface area contributed by atoms with Gasteiger partial charge in [-0.3, -0.25) is 10.1 Å². The van der Waals surface area contributed by atoms with Crippen LogP contribution in [0.3, 0.4) is 0 Å². The lowest BCUT2D eigenvalue weighted by atomic mass is 10.1. The molecule has 0 amide bonds. The van der Waals surface area contributed by atoms with E-state index in [4.69, 9.17) is 4.74 Å². The van der Waals surface area contributed by atoms with Gasteiger partial charge in [-0.05, 0) is 25.3 Å². The van der Waals surface area contributed by atoms with Gasteiger partial charge in [0.25, 0.3) is 0 Å². The molecule has 7 heteroatoms. The van der Waals surface area contributed by atoms with Crippen LogP contribution in [0.15, 0.2) is 12.1 Å². The van der Waals surface area contributed by atoms with Gasteiger partial charge in [0, 0.05) is 19.2 Å². The largest absolute Gasteiger partial charge is 0.379 e. The molecule has 0 aliphatic carbocycles. The van der Waals surface area contributed by atoms with Crippen LogP contribution in [0.25, 0.3) is 0 Å². The summed E-state index contributed by atoms with van der Waals surface area (Å²) < 4.78 is 5.37. The molecule has 1 aromatic heterocycles. The first kappa shape index (κ1) is 14.5. The van der Waals surface area contributed by atoms with Crippen molar-refractivity contribution in [3.05, 3.63) is 22.2 Å². The molecule has 2 N–H and O–H groups in total. The number of anilines is 2. The highest BCUT2D eigenvalue weighted by Crippen LogP contribution is 2.25. The van der Waals surface area contributed by atoms with Crippen molar-refractivity contribution in [1.29, 1.82) is 0 Å². The van der Waals surface area contributed by atoms with Crippen molar-refractivity contribution >= 4 is 17.3 Å². The molecule has 0 radical (unpaired) electrons. The lowest BCUT2D eigenvalue weighted by Gasteiger charge is -2.23. The van der Waals surface area contributed by atoms with Crippen LogP contribution in [0.5, 0.6) is 0 Å². The van der Waals surface area contributed by atoms with Crippen LogP contribution in [0.2, 0.25) is 0 Å². The van der Waals surface area contributed by atoms with Crippen LogP contribution in [0, 0.1) is 10.1 Å². The molecular formula is C13H20N4O3. The van der Waals surface area contributed by atoms with Crippen molar-refractivity contribution in [1.82, 2.24) is 4.98 Å². The average Bonchev–Trinajstić information content (AvgIpc) is 2.46. The maximum absolute atomic E-state index is 11.1. The van der Waals surface area contributed by atoms with Gasteiger partial charge in [-0.15, -0.1) is 0 Å². The third-order valence-corrected chi connectivity index (χ3v) is 3.13. The fourth-order valence-corrected chi connectivity index (χ4v) is 2.10. The number of nitro groups is 1. The van der Waals surface area contributed by atoms with E-state index < -0.39 is 4.92 Å². The molecule has 1 aromatic rings. The Kier molecular flexibility index (Phi) is 5.11. The third-order valence-electron chi connectivity index (χ3n) is 3.13. The van der Waals surface area contributed by atoms with E-state index in [1.54, 1.807) is 6.07 Å². The lowest BCUT2D eigenvalue weighted by Crippen LogP contribution is -2.30. The van der Waals surface area contributed by atoms with Crippen molar-refractivity contribution in [3.8, 4) is 0 Å². The Labute approximate surface area is 117 Å². The molecule has 0 bridgehead atoms. The number of pyridine rings is 1. The SMILES string of the molecule is CCCNc1ccc([N+](=O)[O-])c(NC2CCCOC2)n1. The minimum absolute atomic E-state index is 0.00220. The second-order valence-corrected chi connectivity index (χ2v) is 4.81. The quantitative estimate of drug-likeness (QED) is 0.614. The van der Waals surface area contributed by atoms with Crippen LogP contribution >= 0.6 is 0 Å². The molecule has 0 aromatic carbocycles. The second kappa shape index (κ2) is 7.04. The Morgan fingerprint density at radius 2 is 2.40 bits per heavy atom. The summed E-state index contributed by atoms with van der Waals surface area (Å²) in [4.78, 5) is 15.0. The molecule has 1 unspecified atom stereocenters. The lowest BCUT2D eigenvalue weighted by molar-refractivity contribution is -0.384. The normalized spacial score (nSPS) is 18.6. The second-order valence-electron chi connectivity index (χ2n) is 4.81. The van der Waals surface area contributed by atoms with Crippen molar-refractivity contribution in [3.63, 3.8) is 0 Å². The number of hydrogen-bond donors (Lipinski definition) is 2. The molecule has 1 aliphatic heterocycles. The summed E-state index contributed by atoms with van der Waals surface area (Å²) in [5.74, 6) is 0.961. The molecule has 1 atom stereocenters. The molecule has 2 rings (SSSR count). The molecule has 1 aliphatic rings. The number of nitrogens with one attached hydrogen (secondary N) is 2. The number of rotatable bonds is 6. The van der Waals surface area contributed by atoms with Gasteiger partial charge in [0.05, 0.1) is 17.6 Å². The standard InChI is InChI=1S/C13H20N4O3/c1-2-7-14-12-6-5-11(17(18)19)13(16-12)15-10-4-3-8-20-9-10/h5-6,10H,2-4,7-9H2,1H3,(H2,14,15,16). The predicted molar refractivity (Wildman–Crippen MR) is 77.1 cm³/mol. The van der Waals surface area contributed by atoms with E-state index in [1.165, 1.54) is 6.07 Å². The number of nitrogens with zero attached hydrogens (tertiary/aromatic N) is 2. The Balaban J connectivity index is 2.14. The predicted octanol–water partition coefficient (Wildman–Crippen LogP) is 2.40. The Morgan fingerprint density at radius 3 is 3.05 bits per heavy atom. The summed E-state index contributed by atoms with van der Waals surface area (Å²) in [5.41, 5.74) is -0.00220. The van der Waals surface area contributed by atoms with Gasteiger partial charge < -0.3 is 15.4 Å². The zero-order valence-electron chi connectivity index (χ0n) is 11.6. The van der Waals surface area contributed by atoms with E-state index in [2.05, 4.69) is 22.5 Å². The number of hydrogen-bond acceptors (Lipinski definition) is 6. The highest BCUT2D eigenvalue weighted by molar-refractivity contribution is 5.60. The highest BCUT2D eigenvalue weighted by Gasteiger charge is 2.21. The fourth-order valence-electron chi connectivity index (χ4n) is 2.10. The minimum Gasteiger partial charge on any atom is -0.379 e. The molecule has 20 heavy (non-hydrogen) atoms. The van der Waals surface area contributed by atoms with E-state index in [0.717, 1.165) is 32.4 Å². The summed E-state index contributed by atoms with van der Waals surface area (Å²) >= 11 is 0. The van der Waals surface area contributed by atoms with Gasteiger partial charge in [0.1, 0.15) is 5.82 Å². The Bertz CT molecular complexity index is 461. The van der Waals surface area contributed by atoms with E-state index in [-0.39, 0.29) is 11.7 Å². The van der Waals surface area contributed by atoms with Crippen molar-refractivity contribution in [2.24, 2.45) is 0 Å². The van der Waals surface area contributed by atoms with Crippen molar-refractivity contribution < 1.29 is 9.66 Å². The highest BCUT2D eigenvalue weighted by atomic mass is 16.6. The van der Waals surface area contributed by atoms with Crippen LogP contribution < -0.4 is 10.6 Å². The van der Waals surface area contributed by atoms with Crippen LogP contribution in [-0.4, -0.2) is 35.7 Å². The van der Waals surface area contributed by atoms with E-state index >= 15 is 0 Å². The van der Waals surface area contributed by atoms with E-state index in [9.17, 15) is 10.1 Å². The van der Waals surface area contributed by atoms with Crippen LogP contribution in [0.4, 0.5) is 17.3 Å². The minimum atomic E-state index is -0.414. The first-order chi connectivity index (χ1) is 9.70. The van der Waals surface area contributed by atoms with Gasteiger partial charge in [0.2, 0.25) is 5.82 Å². The summed E-state index contributed by atoms with van der Waals surface area (Å²) in [6, 6.07) is 3.20. The van der Waals surface area contributed by atoms with Crippen molar-refractivity contribution in [2.45, 2.75) is 32.2 Å². The monoisotopic (exact) mass is 280 g/mol. The van der Waals surface area contributed by atoms with Gasteiger partial charge in [-0.2, -0.15) is 0 Å². The first-order valence-electron chi connectivity index (χ1n) is 6.94. The molecule has 7 nitrogen and oxygen atoms in total. The Hall–Kier alpha value is -1.89. The average molecular weight is 280 g/mol. The first-order valence-corrected chi connectivity index (χ1v) is 6.94. The Morgan fingerprint density at radius 1 is 1.55 bits per heavy atom. The topological polar surface area (TPSA) is 89.3 Å². The third kappa shape index (κ3) is 3.80.